The van der Waals surface area contributed by atoms with Crippen LogP contribution in [0.25, 0.3) is 10.8 Å². The minimum absolute atomic E-state index is 0.119. The predicted octanol–water partition coefficient (Wildman–Crippen LogP) is 5.84. The van der Waals surface area contributed by atoms with Crippen LogP contribution in [-0.2, 0) is 11.3 Å². The lowest BCUT2D eigenvalue weighted by Crippen LogP contribution is -1.99. The number of hydrogen-bond donors (Lipinski definition) is 1. The second-order valence-corrected chi connectivity index (χ2v) is 7.50. The maximum absolute atomic E-state index is 9.84. The Morgan fingerprint density at radius 2 is 1.62 bits per heavy atom. The molecule has 0 atom stereocenters. The van der Waals surface area contributed by atoms with E-state index >= 15 is 0 Å². The van der Waals surface area contributed by atoms with Gasteiger partial charge in [0.1, 0.15) is 5.75 Å². The van der Waals surface area contributed by atoms with E-state index in [9.17, 15) is 5.11 Å². The van der Waals surface area contributed by atoms with E-state index in [1.165, 1.54) is 5.56 Å². The Kier molecular flexibility index (Phi) is 8.08. The molecule has 3 aromatic rings. The molecular weight excluding hydrogens is 388 g/mol. The molecule has 5 nitrogen and oxygen atoms in total. The van der Waals surface area contributed by atoms with Crippen molar-refractivity contribution in [3.63, 3.8) is 0 Å². The lowest BCUT2D eigenvalue weighted by molar-refractivity contribution is 0.116. The summed E-state index contributed by atoms with van der Waals surface area (Å²) in [7, 11) is 0. The monoisotopic (exact) mass is 414 g/mol. The van der Waals surface area contributed by atoms with Gasteiger partial charge in [0.15, 0.2) is 0 Å². The number of fused-ring (bicyclic) bond motifs is 1. The Labute approximate surface area is 176 Å². The second kappa shape index (κ2) is 11.0. The molecule has 0 spiro atoms. The molecule has 0 fully saturated rings. The van der Waals surface area contributed by atoms with Crippen LogP contribution in [0.3, 0.4) is 0 Å². The zero-order chi connectivity index (χ0) is 20.5. The van der Waals surface area contributed by atoms with Gasteiger partial charge in [-0.15, -0.1) is 5.10 Å². The highest BCUT2D eigenvalue weighted by Gasteiger charge is 2.11. The predicted molar refractivity (Wildman–Crippen MR) is 116 cm³/mol. The number of aryl methyl sites for hydroxylation is 1. The number of benzene rings is 2. The Balaban J connectivity index is 1.31. The summed E-state index contributed by atoms with van der Waals surface area (Å²) in [5, 5.41) is 19.3. The number of hydrogen-bond acceptors (Lipinski definition) is 5. The number of ether oxygens (including phenoxy) is 2. The molecule has 154 valence electrons. The normalized spacial score (nSPS) is 11.1. The number of nitrogens with zero attached hydrogens (tertiary/aromatic N) is 2. The average Bonchev–Trinajstić information content (AvgIpc) is 2.73. The van der Waals surface area contributed by atoms with Crippen LogP contribution in [0.1, 0.15) is 43.4 Å². The van der Waals surface area contributed by atoms with E-state index in [1.54, 1.807) is 6.07 Å². The summed E-state index contributed by atoms with van der Waals surface area (Å²) >= 11 is 6.28. The summed E-state index contributed by atoms with van der Waals surface area (Å²) in [6, 6.07) is 13.8. The highest BCUT2D eigenvalue weighted by Crippen LogP contribution is 2.34. The SMILES string of the molecule is Cc1nnc(O)c2cc(Cl)c(OCCCCCCCOCc3ccccc3)cc12. The second-order valence-electron chi connectivity index (χ2n) is 7.09. The van der Waals surface area contributed by atoms with E-state index in [-0.39, 0.29) is 5.88 Å². The third-order valence-electron chi connectivity index (χ3n) is 4.80. The number of halogens is 1. The van der Waals surface area contributed by atoms with E-state index in [0.29, 0.717) is 29.4 Å². The van der Waals surface area contributed by atoms with Crippen molar-refractivity contribution in [3.8, 4) is 11.6 Å². The quantitative estimate of drug-likeness (QED) is 0.399. The van der Waals surface area contributed by atoms with Crippen molar-refractivity contribution in [2.75, 3.05) is 13.2 Å². The fourth-order valence-corrected chi connectivity index (χ4v) is 3.38. The van der Waals surface area contributed by atoms with Crippen molar-refractivity contribution in [2.45, 2.75) is 45.6 Å². The van der Waals surface area contributed by atoms with Gasteiger partial charge >= 0.3 is 0 Å². The van der Waals surface area contributed by atoms with Crippen LogP contribution in [0.2, 0.25) is 5.02 Å². The van der Waals surface area contributed by atoms with Crippen molar-refractivity contribution in [1.29, 1.82) is 0 Å². The van der Waals surface area contributed by atoms with Gasteiger partial charge in [-0.2, -0.15) is 5.10 Å². The zero-order valence-electron chi connectivity index (χ0n) is 16.7. The van der Waals surface area contributed by atoms with Crippen molar-refractivity contribution >= 4 is 22.4 Å². The maximum atomic E-state index is 9.84. The van der Waals surface area contributed by atoms with E-state index < -0.39 is 0 Å². The van der Waals surface area contributed by atoms with E-state index in [4.69, 9.17) is 21.1 Å². The van der Waals surface area contributed by atoms with E-state index in [1.807, 2.05) is 31.2 Å². The molecule has 1 aromatic heterocycles. The van der Waals surface area contributed by atoms with Gasteiger partial charge in [0.05, 0.1) is 23.9 Å². The first-order chi connectivity index (χ1) is 14.1. The number of rotatable bonds is 11. The van der Waals surface area contributed by atoms with Crippen LogP contribution in [0.5, 0.6) is 11.6 Å². The molecule has 0 bridgehead atoms. The molecule has 0 aliphatic rings. The fraction of sp³-hybridized carbons (Fsp3) is 0.391. The largest absolute Gasteiger partial charge is 0.492 e. The molecule has 2 aromatic carbocycles. The molecule has 0 saturated carbocycles. The van der Waals surface area contributed by atoms with Crippen LogP contribution >= 0.6 is 11.6 Å². The highest BCUT2D eigenvalue weighted by atomic mass is 35.5. The van der Waals surface area contributed by atoms with E-state index in [0.717, 1.165) is 49.8 Å². The first kappa shape index (κ1) is 21.3. The molecule has 0 aliphatic heterocycles. The van der Waals surface area contributed by atoms with Gasteiger partial charge in [-0.05, 0) is 37.5 Å². The molecule has 1 N–H and O–H groups in total. The van der Waals surface area contributed by atoms with Crippen LogP contribution < -0.4 is 4.74 Å². The molecule has 3 rings (SSSR count). The summed E-state index contributed by atoms with van der Waals surface area (Å²) < 4.78 is 11.6. The Morgan fingerprint density at radius 1 is 0.897 bits per heavy atom. The lowest BCUT2D eigenvalue weighted by atomic mass is 10.1. The number of unbranched alkanes of at least 4 members (excludes halogenated alkanes) is 4. The van der Waals surface area contributed by atoms with Crippen LogP contribution in [0, 0.1) is 6.92 Å². The van der Waals surface area contributed by atoms with Gasteiger partial charge in [0.2, 0.25) is 5.88 Å². The van der Waals surface area contributed by atoms with Crippen LogP contribution in [0.15, 0.2) is 42.5 Å². The average molecular weight is 415 g/mol. The molecule has 0 aliphatic carbocycles. The van der Waals surface area contributed by atoms with Crippen LogP contribution in [0.4, 0.5) is 0 Å². The summed E-state index contributed by atoms with van der Waals surface area (Å²) in [4.78, 5) is 0. The van der Waals surface area contributed by atoms with Gasteiger partial charge in [-0.1, -0.05) is 61.2 Å². The Morgan fingerprint density at radius 3 is 2.41 bits per heavy atom. The number of aromatic hydroxyl groups is 1. The molecule has 1 heterocycles. The Hall–Kier alpha value is -2.37. The minimum Gasteiger partial charge on any atom is -0.492 e. The zero-order valence-corrected chi connectivity index (χ0v) is 17.5. The van der Waals surface area contributed by atoms with Gasteiger partial charge in [-0.25, -0.2) is 0 Å². The smallest absolute Gasteiger partial charge is 0.239 e. The molecule has 29 heavy (non-hydrogen) atoms. The third kappa shape index (κ3) is 6.31. The first-order valence-corrected chi connectivity index (χ1v) is 10.4. The fourth-order valence-electron chi connectivity index (χ4n) is 3.16. The Bertz CT molecular complexity index is 919. The summed E-state index contributed by atoms with van der Waals surface area (Å²) in [5.74, 6) is 0.496. The number of aromatic nitrogens is 2. The van der Waals surface area contributed by atoms with Crippen molar-refractivity contribution in [2.24, 2.45) is 0 Å². The molecule has 0 radical (unpaired) electrons. The van der Waals surface area contributed by atoms with Gasteiger partial charge in [0.25, 0.3) is 0 Å². The summed E-state index contributed by atoms with van der Waals surface area (Å²) in [6.45, 7) is 3.94. The highest BCUT2D eigenvalue weighted by molar-refractivity contribution is 6.33. The van der Waals surface area contributed by atoms with Gasteiger partial charge in [-0.3, -0.25) is 0 Å². The van der Waals surface area contributed by atoms with Crippen molar-refractivity contribution < 1.29 is 14.6 Å². The molecule has 0 amide bonds. The molecule has 0 saturated heterocycles. The first-order valence-electron chi connectivity index (χ1n) is 10.0. The van der Waals surface area contributed by atoms with Crippen molar-refractivity contribution in [1.82, 2.24) is 10.2 Å². The minimum atomic E-state index is -0.119. The summed E-state index contributed by atoms with van der Waals surface area (Å²) in [5.41, 5.74) is 1.95. The van der Waals surface area contributed by atoms with E-state index in [2.05, 4.69) is 22.3 Å². The van der Waals surface area contributed by atoms with Gasteiger partial charge in [0, 0.05) is 17.4 Å². The lowest BCUT2D eigenvalue weighted by Gasteiger charge is -2.11. The molecule has 6 heteroatoms. The molecular formula is C23H27ClN2O3. The third-order valence-corrected chi connectivity index (χ3v) is 5.09. The topological polar surface area (TPSA) is 64.5 Å². The standard InChI is InChI=1S/C23H27ClN2O3/c1-17-19-15-22(21(24)14-20(19)23(27)26-25-17)29-13-9-4-2-3-8-12-28-16-18-10-6-5-7-11-18/h5-7,10-11,14-15H,2-4,8-9,12-13,16H2,1H3,(H,26,27). The molecule has 0 unspecified atom stereocenters. The van der Waals surface area contributed by atoms with Crippen LogP contribution in [-0.4, -0.2) is 28.5 Å². The van der Waals surface area contributed by atoms with Gasteiger partial charge < -0.3 is 14.6 Å². The van der Waals surface area contributed by atoms with Crippen molar-refractivity contribution in [3.05, 3.63) is 58.7 Å². The maximum Gasteiger partial charge on any atom is 0.239 e. The summed E-state index contributed by atoms with van der Waals surface area (Å²) in [6.07, 6.45) is 5.47.